The van der Waals surface area contributed by atoms with E-state index in [2.05, 4.69) is 16.4 Å². The molecule has 9 nitrogen and oxygen atoms in total. The number of carbonyl (C=O) groups excluding carboxylic acids is 1. The maximum absolute atomic E-state index is 12.4. The lowest BCUT2D eigenvalue weighted by atomic mass is 9.97. The molecule has 9 heteroatoms. The lowest BCUT2D eigenvalue weighted by Crippen LogP contribution is -2.28. The number of pyridine rings is 1. The Balaban J connectivity index is 2.19. The van der Waals surface area contributed by atoms with Gasteiger partial charge in [0.05, 0.1) is 23.7 Å². The van der Waals surface area contributed by atoms with Gasteiger partial charge in [0.15, 0.2) is 0 Å². The second-order valence-electron chi connectivity index (χ2n) is 7.57. The summed E-state index contributed by atoms with van der Waals surface area (Å²) < 4.78 is 0. The molecule has 3 rings (SSSR count). The number of phenolic OH excluding ortho intramolecular Hbond substituents is 1. The van der Waals surface area contributed by atoms with E-state index in [-0.39, 0.29) is 42.6 Å². The average molecular weight is 461 g/mol. The average Bonchev–Trinajstić information content (AvgIpc) is 2.82. The van der Waals surface area contributed by atoms with Crippen LogP contribution in [0.2, 0.25) is 0 Å². The van der Waals surface area contributed by atoms with E-state index in [1.165, 1.54) is 0 Å². The van der Waals surface area contributed by atoms with Gasteiger partial charge in [-0.3, -0.25) is 4.79 Å². The highest BCUT2D eigenvalue weighted by Gasteiger charge is 2.18. The number of para-hydroxylation sites is 1. The summed E-state index contributed by atoms with van der Waals surface area (Å²) in [6.07, 6.45) is 0.152. The van der Waals surface area contributed by atoms with Crippen molar-refractivity contribution in [1.29, 1.82) is 5.26 Å². The number of hydrogen-bond acceptors (Lipinski definition) is 8. The molecule has 0 radical (unpaired) electrons. The lowest BCUT2D eigenvalue weighted by molar-refractivity contribution is -0.116. The van der Waals surface area contributed by atoms with Crippen LogP contribution in [0.1, 0.15) is 18.9 Å². The molecule has 176 valence electrons. The van der Waals surface area contributed by atoms with Crippen LogP contribution in [-0.2, 0) is 4.79 Å². The summed E-state index contributed by atoms with van der Waals surface area (Å²) in [5.74, 6) is -0.171. The van der Waals surface area contributed by atoms with Crippen molar-refractivity contribution < 1.29 is 15.0 Å². The van der Waals surface area contributed by atoms with E-state index in [4.69, 9.17) is 11.5 Å². The van der Waals surface area contributed by atoms with E-state index < -0.39 is 0 Å². The number of likely N-dealkylation sites (N-methyl/N-ethyl adjacent to an activating group) is 1. The summed E-state index contributed by atoms with van der Waals surface area (Å²) in [7, 11) is 0. The third-order valence-corrected chi connectivity index (χ3v) is 5.38. The highest BCUT2D eigenvalue weighted by Crippen LogP contribution is 2.37. The number of benzene rings is 2. The van der Waals surface area contributed by atoms with E-state index in [9.17, 15) is 20.3 Å². The molecule has 0 spiro atoms. The molecule has 3 aromatic rings. The first-order valence-corrected chi connectivity index (χ1v) is 10.9. The van der Waals surface area contributed by atoms with Gasteiger partial charge in [-0.25, -0.2) is 4.98 Å². The molecule has 0 fully saturated rings. The molecular formula is C25H28N6O3. The number of nitrogens with one attached hydrogen (secondary N) is 1. The number of aromatic nitrogens is 1. The number of aliphatic hydroxyl groups excluding tert-OH is 1. The number of aliphatic hydroxyl groups is 1. The van der Waals surface area contributed by atoms with Gasteiger partial charge in [-0.1, -0.05) is 18.2 Å². The van der Waals surface area contributed by atoms with Crippen LogP contribution in [0.15, 0.2) is 48.5 Å². The van der Waals surface area contributed by atoms with Crippen molar-refractivity contribution >= 4 is 23.1 Å². The lowest BCUT2D eigenvalue weighted by Gasteiger charge is -2.26. The summed E-state index contributed by atoms with van der Waals surface area (Å²) in [5, 5.41) is 32.4. The number of amides is 1. The zero-order valence-electron chi connectivity index (χ0n) is 19.0. The molecule has 1 aromatic heterocycles. The first kappa shape index (κ1) is 24.5. The van der Waals surface area contributed by atoms with Crippen molar-refractivity contribution in [3.8, 4) is 34.2 Å². The molecule has 0 aliphatic heterocycles. The molecule has 2 aromatic carbocycles. The summed E-state index contributed by atoms with van der Waals surface area (Å²) >= 11 is 0. The monoisotopic (exact) mass is 460 g/mol. The molecule has 34 heavy (non-hydrogen) atoms. The number of hydrogen-bond donors (Lipinski definition) is 5. The van der Waals surface area contributed by atoms with Crippen LogP contribution >= 0.6 is 0 Å². The zero-order valence-corrected chi connectivity index (χ0v) is 19.0. The Kier molecular flexibility index (Phi) is 8.03. The van der Waals surface area contributed by atoms with Gasteiger partial charge >= 0.3 is 0 Å². The van der Waals surface area contributed by atoms with Gasteiger partial charge in [0.2, 0.25) is 5.91 Å². The van der Waals surface area contributed by atoms with Crippen molar-refractivity contribution in [3.05, 3.63) is 54.1 Å². The number of aromatic hydroxyl groups is 1. The first-order valence-electron chi connectivity index (χ1n) is 10.9. The van der Waals surface area contributed by atoms with Crippen LogP contribution in [0.5, 0.6) is 5.75 Å². The van der Waals surface area contributed by atoms with Gasteiger partial charge in [0.1, 0.15) is 23.2 Å². The van der Waals surface area contributed by atoms with Crippen LogP contribution in [0.4, 0.5) is 17.2 Å². The number of carbonyl (C=O) groups is 1. The number of phenols is 1. The molecule has 0 saturated carbocycles. The summed E-state index contributed by atoms with van der Waals surface area (Å²) in [4.78, 5) is 18.6. The number of nitrogens with two attached hydrogens (primary N) is 2. The highest BCUT2D eigenvalue weighted by molar-refractivity contribution is 5.96. The van der Waals surface area contributed by atoms with Gasteiger partial charge in [-0.05, 0) is 42.8 Å². The van der Waals surface area contributed by atoms with Gasteiger partial charge in [-0.2, -0.15) is 5.26 Å². The maximum atomic E-state index is 12.4. The van der Waals surface area contributed by atoms with E-state index in [1.807, 2.05) is 24.0 Å². The first-order chi connectivity index (χ1) is 16.4. The summed E-state index contributed by atoms with van der Waals surface area (Å²) in [6.45, 7) is 3.11. The molecule has 7 N–H and O–H groups in total. The molecule has 1 heterocycles. The Labute approximate surface area is 198 Å². The third kappa shape index (κ3) is 5.26. The fourth-order valence-corrected chi connectivity index (χ4v) is 3.73. The third-order valence-electron chi connectivity index (χ3n) is 5.38. The number of nitriles is 1. The molecule has 1 amide bonds. The van der Waals surface area contributed by atoms with Crippen molar-refractivity contribution in [3.63, 3.8) is 0 Å². The zero-order chi connectivity index (χ0) is 24.7. The van der Waals surface area contributed by atoms with Crippen LogP contribution in [0.3, 0.4) is 0 Å². The Morgan fingerprint density at radius 2 is 1.97 bits per heavy atom. The van der Waals surface area contributed by atoms with Crippen molar-refractivity contribution in [2.75, 3.05) is 42.2 Å². The fourth-order valence-electron chi connectivity index (χ4n) is 3.73. The van der Waals surface area contributed by atoms with Crippen molar-refractivity contribution in [1.82, 2.24) is 4.98 Å². The van der Waals surface area contributed by atoms with Crippen LogP contribution < -0.4 is 21.7 Å². The molecule has 0 atom stereocenters. The predicted octanol–water partition coefficient (Wildman–Crippen LogP) is 2.68. The van der Waals surface area contributed by atoms with Gasteiger partial charge in [0.25, 0.3) is 0 Å². The molecule has 0 bridgehead atoms. The minimum absolute atomic E-state index is 0.0338. The highest BCUT2D eigenvalue weighted by atomic mass is 16.3. The Bertz CT molecular complexity index is 1220. The fraction of sp³-hybridized carbons (Fsp3) is 0.240. The molecule has 0 aliphatic rings. The second kappa shape index (κ2) is 11.1. The smallest absolute Gasteiger partial charge is 0.225 e. The number of nitrogens with zero attached hydrogens (tertiary/aromatic N) is 3. The maximum Gasteiger partial charge on any atom is 0.225 e. The standard InChI is InChI=1S/C25H28N6O3/c1-2-31(11-12-32)22-8-7-16(13-21(22)29-24(34)9-10-26)18-14-20(30-25(28)19(18)15-27)17-5-3-4-6-23(17)33/h3-8,13-14,32-33H,2,9-12,26H2,1H3,(H2,28,30)(H,29,34). The molecule has 0 saturated heterocycles. The van der Waals surface area contributed by atoms with E-state index in [0.29, 0.717) is 41.2 Å². The topological polar surface area (TPSA) is 162 Å². The number of rotatable bonds is 9. The van der Waals surface area contributed by atoms with Crippen molar-refractivity contribution in [2.24, 2.45) is 5.73 Å². The predicted molar refractivity (Wildman–Crippen MR) is 133 cm³/mol. The van der Waals surface area contributed by atoms with Crippen LogP contribution in [0.25, 0.3) is 22.4 Å². The Morgan fingerprint density at radius 1 is 1.21 bits per heavy atom. The normalized spacial score (nSPS) is 10.5. The summed E-state index contributed by atoms with van der Waals surface area (Å²) in [6, 6.07) is 15.9. The SMILES string of the molecule is CCN(CCO)c1ccc(-c2cc(-c3ccccc3O)nc(N)c2C#N)cc1NC(=O)CCN. The minimum Gasteiger partial charge on any atom is -0.507 e. The molecule has 0 aliphatic carbocycles. The van der Waals surface area contributed by atoms with E-state index in [1.54, 1.807) is 36.4 Å². The van der Waals surface area contributed by atoms with Gasteiger partial charge < -0.3 is 31.9 Å². The quantitative estimate of drug-likeness (QED) is 0.325. The molecular weight excluding hydrogens is 432 g/mol. The number of anilines is 3. The Hall–Kier alpha value is -4.13. The Morgan fingerprint density at radius 3 is 2.62 bits per heavy atom. The van der Waals surface area contributed by atoms with Gasteiger partial charge in [0, 0.05) is 37.2 Å². The van der Waals surface area contributed by atoms with E-state index >= 15 is 0 Å². The minimum atomic E-state index is -0.245. The van der Waals surface area contributed by atoms with E-state index in [0.717, 1.165) is 5.69 Å². The van der Waals surface area contributed by atoms with Crippen LogP contribution in [0, 0.1) is 11.3 Å². The van der Waals surface area contributed by atoms with Crippen LogP contribution in [-0.4, -0.2) is 47.3 Å². The van der Waals surface area contributed by atoms with Crippen molar-refractivity contribution in [2.45, 2.75) is 13.3 Å². The van der Waals surface area contributed by atoms with Gasteiger partial charge in [-0.15, -0.1) is 0 Å². The number of nitrogen functional groups attached to an aromatic ring is 1. The molecule has 0 unspecified atom stereocenters. The second-order valence-corrected chi connectivity index (χ2v) is 7.57. The largest absolute Gasteiger partial charge is 0.507 e. The summed E-state index contributed by atoms with van der Waals surface area (Å²) in [5.41, 5.74) is 15.1.